The van der Waals surface area contributed by atoms with Gasteiger partial charge in [-0.15, -0.1) is 0 Å². The van der Waals surface area contributed by atoms with Gasteiger partial charge in [0.05, 0.1) is 6.10 Å². The van der Waals surface area contributed by atoms with Crippen molar-refractivity contribution in [2.75, 3.05) is 19.7 Å². The van der Waals surface area contributed by atoms with Crippen LogP contribution in [0.5, 0.6) is 0 Å². The molecule has 0 aliphatic rings. The first-order valence-electron chi connectivity index (χ1n) is 4.13. The zero-order valence-electron chi connectivity index (χ0n) is 7.31. The van der Waals surface area contributed by atoms with Crippen molar-refractivity contribution in [3.63, 3.8) is 0 Å². The molecule has 0 aromatic rings. The molecular weight excluding hydrogens is 126 g/mol. The van der Waals surface area contributed by atoms with Gasteiger partial charge in [0.1, 0.15) is 0 Å². The fourth-order valence-electron chi connectivity index (χ4n) is 0.826. The van der Waals surface area contributed by atoms with Crippen LogP contribution in [0.25, 0.3) is 0 Å². The van der Waals surface area contributed by atoms with Crippen molar-refractivity contribution in [2.45, 2.75) is 33.3 Å². The van der Waals surface area contributed by atoms with Gasteiger partial charge in [-0.05, 0) is 26.8 Å². The second-order valence-corrected chi connectivity index (χ2v) is 2.47. The Labute approximate surface area is 64.0 Å². The van der Waals surface area contributed by atoms with Gasteiger partial charge in [0, 0.05) is 13.2 Å². The predicted octanol–water partition coefficient (Wildman–Crippen LogP) is 1.41. The van der Waals surface area contributed by atoms with Crippen molar-refractivity contribution in [2.24, 2.45) is 0 Å². The monoisotopic (exact) mass is 145 g/mol. The SMILES string of the molecule is CCCNCC(C)OCC. The van der Waals surface area contributed by atoms with E-state index in [1.807, 2.05) is 6.92 Å². The molecule has 2 nitrogen and oxygen atoms in total. The summed E-state index contributed by atoms with van der Waals surface area (Å²) in [6, 6.07) is 0. The molecule has 0 aromatic heterocycles. The third kappa shape index (κ3) is 6.05. The lowest BCUT2D eigenvalue weighted by atomic mass is 10.4. The molecule has 0 saturated heterocycles. The van der Waals surface area contributed by atoms with Gasteiger partial charge in [-0.2, -0.15) is 0 Å². The van der Waals surface area contributed by atoms with E-state index in [0.29, 0.717) is 6.10 Å². The van der Waals surface area contributed by atoms with Crippen molar-refractivity contribution < 1.29 is 4.74 Å². The standard InChI is InChI=1S/C8H19NO/c1-4-6-9-7-8(3)10-5-2/h8-9H,4-7H2,1-3H3. The van der Waals surface area contributed by atoms with Crippen LogP contribution in [-0.4, -0.2) is 25.8 Å². The number of hydrogen-bond donors (Lipinski definition) is 1. The minimum atomic E-state index is 0.358. The first kappa shape index (κ1) is 9.92. The number of rotatable bonds is 6. The Hall–Kier alpha value is -0.0800. The number of nitrogens with one attached hydrogen (secondary N) is 1. The summed E-state index contributed by atoms with van der Waals surface area (Å²) < 4.78 is 5.33. The third-order valence-electron chi connectivity index (χ3n) is 1.31. The molecule has 1 unspecified atom stereocenters. The van der Waals surface area contributed by atoms with Crippen molar-refractivity contribution in [3.8, 4) is 0 Å². The number of ether oxygens (including phenoxy) is 1. The van der Waals surface area contributed by atoms with Crippen LogP contribution in [0.3, 0.4) is 0 Å². The lowest BCUT2D eigenvalue weighted by molar-refractivity contribution is 0.0763. The molecule has 0 fully saturated rings. The van der Waals surface area contributed by atoms with Gasteiger partial charge in [-0.3, -0.25) is 0 Å². The van der Waals surface area contributed by atoms with Crippen molar-refractivity contribution >= 4 is 0 Å². The summed E-state index contributed by atoms with van der Waals surface area (Å²) in [4.78, 5) is 0. The molecule has 0 rings (SSSR count). The van der Waals surface area contributed by atoms with E-state index >= 15 is 0 Å². The largest absolute Gasteiger partial charge is 0.377 e. The third-order valence-corrected chi connectivity index (χ3v) is 1.31. The molecule has 2 heteroatoms. The molecule has 0 radical (unpaired) electrons. The lowest BCUT2D eigenvalue weighted by Crippen LogP contribution is -2.27. The van der Waals surface area contributed by atoms with Crippen molar-refractivity contribution in [1.29, 1.82) is 0 Å². The van der Waals surface area contributed by atoms with Gasteiger partial charge in [0.15, 0.2) is 0 Å². The normalized spacial score (nSPS) is 13.5. The molecule has 0 aliphatic carbocycles. The van der Waals surface area contributed by atoms with E-state index in [1.165, 1.54) is 6.42 Å². The van der Waals surface area contributed by atoms with E-state index in [0.717, 1.165) is 19.7 Å². The maximum atomic E-state index is 5.33. The quantitative estimate of drug-likeness (QED) is 0.571. The molecule has 0 saturated carbocycles. The van der Waals surface area contributed by atoms with Gasteiger partial charge in [0.25, 0.3) is 0 Å². The molecule has 0 aliphatic heterocycles. The van der Waals surface area contributed by atoms with Crippen LogP contribution in [0.1, 0.15) is 27.2 Å². The van der Waals surface area contributed by atoms with Gasteiger partial charge in [-0.25, -0.2) is 0 Å². The second-order valence-electron chi connectivity index (χ2n) is 2.47. The van der Waals surface area contributed by atoms with Crippen LogP contribution in [0, 0.1) is 0 Å². The van der Waals surface area contributed by atoms with Crippen LogP contribution >= 0.6 is 0 Å². The van der Waals surface area contributed by atoms with Gasteiger partial charge in [-0.1, -0.05) is 6.92 Å². The lowest BCUT2D eigenvalue weighted by Gasteiger charge is -2.11. The number of hydrogen-bond acceptors (Lipinski definition) is 2. The fourth-order valence-corrected chi connectivity index (χ4v) is 0.826. The van der Waals surface area contributed by atoms with E-state index < -0.39 is 0 Å². The van der Waals surface area contributed by atoms with Crippen LogP contribution in [0.15, 0.2) is 0 Å². The van der Waals surface area contributed by atoms with E-state index in [-0.39, 0.29) is 0 Å². The zero-order valence-corrected chi connectivity index (χ0v) is 7.31. The maximum Gasteiger partial charge on any atom is 0.0671 e. The predicted molar refractivity (Wildman–Crippen MR) is 44.2 cm³/mol. The van der Waals surface area contributed by atoms with Gasteiger partial charge < -0.3 is 10.1 Å². The summed E-state index contributed by atoms with van der Waals surface area (Å²) in [5, 5.41) is 3.29. The Morgan fingerprint density at radius 3 is 2.60 bits per heavy atom. The summed E-state index contributed by atoms with van der Waals surface area (Å²) in [5.74, 6) is 0. The van der Waals surface area contributed by atoms with Crippen LogP contribution in [0.4, 0.5) is 0 Å². The van der Waals surface area contributed by atoms with Crippen molar-refractivity contribution in [1.82, 2.24) is 5.32 Å². The molecule has 1 N–H and O–H groups in total. The van der Waals surface area contributed by atoms with Crippen LogP contribution in [0.2, 0.25) is 0 Å². The minimum Gasteiger partial charge on any atom is -0.377 e. The Bertz CT molecular complexity index is 66.3. The van der Waals surface area contributed by atoms with E-state index in [2.05, 4.69) is 19.2 Å². The Morgan fingerprint density at radius 2 is 2.10 bits per heavy atom. The van der Waals surface area contributed by atoms with E-state index in [9.17, 15) is 0 Å². The van der Waals surface area contributed by atoms with Gasteiger partial charge in [0.2, 0.25) is 0 Å². The molecule has 0 aromatic carbocycles. The van der Waals surface area contributed by atoms with Crippen molar-refractivity contribution in [3.05, 3.63) is 0 Å². The summed E-state index contributed by atoms with van der Waals surface area (Å²) in [6.07, 6.45) is 1.55. The highest BCUT2D eigenvalue weighted by atomic mass is 16.5. The maximum absolute atomic E-state index is 5.33. The first-order valence-corrected chi connectivity index (χ1v) is 4.13. The fraction of sp³-hybridized carbons (Fsp3) is 1.00. The topological polar surface area (TPSA) is 21.3 Å². The van der Waals surface area contributed by atoms with E-state index in [1.54, 1.807) is 0 Å². The molecule has 0 heterocycles. The van der Waals surface area contributed by atoms with Gasteiger partial charge >= 0.3 is 0 Å². The van der Waals surface area contributed by atoms with Crippen LogP contribution < -0.4 is 5.32 Å². The highest BCUT2D eigenvalue weighted by Crippen LogP contribution is 1.86. The minimum absolute atomic E-state index is 0.358. The highest BCUT2D eigenvalue weighted by Gasteiger charge is 1.97. The Balaban J connectivity index is 2.97. The molecular formula is C8H19NO. The summed E-state index contributed by atoms with van der Waals surface area (Å²) >= 11 is 0. The highest BCUT2D eigenvalue weighted by molar-refractivity contribution is 4.53. The molecule has 62 valence electrons. The average Bonchev–Trinajstić information content (AvgIpc) is 1.89. The zero-order chi connectivity index (χ0) is 7.82. The summed E-state index contributed by atoms with van der Waals surface area (Å²) in [5.41, 5.74) is 0. The molecule has 0 spiro atoms. The molecule has 0 bridgehead atoms. The first-order chi connectivity index (χ1) is 4.81. The molecule has 0 amide bonds. The van der Waals surface area contributed by atoms with E-state index in [4.69, 9.17) is 4.74 Å². The smallest absolute Gasteiger partial charge is 0.0671 e. The molecule has 10 heavy (non-hydrogen) atoms. The Kier molecular flexibility index (Phi) is 6.98. The second kappa shape index (κ2) is 7.03. The average molecular weight is 145 g/mol. The molecule has 1 atom stereocenters. The van der Waals surface area contributed by atoms with Crippen LogP contribution in [-0.2, 0) is 4.74 Å². The summed E-state index contributed by atoms with van der Waals surface area (Å²) in [6.45, 7) is 9.16. The Morgan fingerprint density at radius 1 is 1.40 bits per heavy atom. The summed E-state index contributed by atoms with van der Waals surface area (Å²) in [7, 11) is 0.